The fourth-order valence-corrected chi connectivity index (χ4v) is 1.43. The van der Waals surface area contributed by atoms with Crippen LogP contribution in [0.25, 0.3) is 0 Å². The maximum Gasteiger partial charge on any atom is 0.139 e. The van der Waals surface area contributed by atoms with Crippen LogP contribution >= 0.6 is 0 Å². The zero-order valence-electron chi connectivity index (χ0n) is 8.83. The van der Waals surface area contributed by atoms with Gasteiger partial charge in [-0.15, -0.1) is 0 Å². The SMILES string of the molecule is CCCCCCc1cc(CCO)on1. The molecule has 0 atom stereocenters. The number of aromatic nitrogens is 1. The maximum absolute atomic E-state index is 8.69. The highest BCUT2D eigenvalue weighted by molar-refractivity contribution is 5.05. The van der Waals surface area contributed by atoms with Crippen molar-refractivity contribution < 1.29 is 9.63 Å². The highest BCUT2D eigenvalue weighted by Crippen LogP contribution is 2.09. The van der Waals surface area contributed by atoms with Gasteiger partial charge in [0.05, 0.1) is 12.3 Å². The van der Waals surface area contributed by atoms with E-state index >= 15 is 0 Å². The number of nitrogens with zero attached hydrogens (tertiary/aromatic N) is 1. The molecule has 1 heterocycles. The van der Waals surface area contributed by atoms with E-state index in [2.05, 4.69) is 12.1 Å². The van der Waals surface area contributed by atoms with Gasteiger partial charge in [0.15, 0.2) is 0 Å². The van der Waals surface area contributed by atoms with Crippen LogP contribution in [0, 0.1) is 0 Å². The Morgan fingerprint density at radius 1 is 1.29 bits per heavy atom. The molecule has 14 heavy (non-hydrogen) atoms. The fourth-order valence-electron chi connectivity index (χ4n) is 1.43. The largest absolute Gasteiger partial charge is 0.396 e. The normalized spacial score (nSPS) is 10.7. The van der Waals surface area contributed by atoms with Crippen molar-refractivity contribution in [1.29, 1.82) is 0 Å². The van der Waals surface area contributed by atoms with Gasteiger partial charge in [0, 0.05) is 12.5 Å². The van der Waals surface area contributed by atoms with Crippen LogP contribution in [0.1, 0.15) is 44.1 Å². The molecule has 0 amide bonds. The van der Waals surface area contributed by atoms with E-state index in [1.807, 2.05) is 6.07 Å². The summed E-state index contributed by atoms with van der Waals surface area (Å²) in [6.45, 7) is 2.33. The number of aryl methyl sites for hydroxylation is 1. The lowest BCUT2D eigenvalue weighted by Crippen LogP contribution is -1.87. The van der Waals surface area contributed by atoms with Gasteiger partial charge in [-0.05, 0) is 12.8 Å². The van der Waals surface area contributed by atoms with Crippen LogP contribution < -0.4 is 0 Å². The van der Waals surface area contributed by atoms with Crippen molar-refractivity contribution in [1.82, 2.24) is 5.16 Å². The van der Waals surface area contributed by atoms with Crippen molar-refractivity contribution in [3.05, 3.63) is 17.5 Å². The summed E-state index contributed by atoms with van der Waals surface area (Å²) < 4.78 is 5.05. The molecule has 0 aliphatic heterocycles. The number of hydrogen-bond donors (Lipinski definition) is 1. The summed E-state index contributed by atoms with van der Waals surface area (Å²) in [6, 6.07) is 1.95. The summed E-state index contributed by atoms with van der Waals surface area (Å²) in [4.78, 5) is 0. The predicted molar refractivity (Wildman–Crippen MR) is 55.1 cm³/mol. The Hall–Kier alpha value is -0.830. The quantitative estimate of drug-likeness (QED) is 0.682. The standard InChI is InChI=1S/C11H19NO2/c1-2-3-4-5-6-10-9-11(7-8-13)14-12-10/h9,13H,2-8H2,1H3. The number of unbranched alkanes of at least 4 members (excludes halogenated alkanes) is 3. The smallest absolute Gasteiger partial charge is 0.139 e. The molecule has 1 aromatic heterocycles. The summed E-state index contributed by atoms with van der Waals surface area (Å²) >= 11 is 0. The van der Waals surface area contributed by atoms with Gasteiger partial charge < -0.3 is 9.63 Å². The van der Waals surface area contributed by atoms with Gasteiger partial charge in [0.2, 0.25) is 0 Å². The minimum Gasteiger partial charge on any atom is -0.396 e. The molecular weight excluding hydrogens is 178 g/mol. The number of aliphatic hydroxyl groups excluding tert-OH is 1. The first-order valence-electron chi connectivity index (χ1n) is 5.42. The molecule has 0 spiro atoms. The summed E-state index contributed by atoms with van der Waals surface area (Å²) in [5, 5.41) is 12.6. The Labute approximate surface area is 85.1 Å². The monoisotopic (exact) mass is 197 g/mol. The van der Waals surface area contributed by atoms with Crippen LogP contribution in [-0.2, 0) is 12.8 Å². The van der Waals surface area contributed by atoms with Gasteiger partial charge >= 0.3 is 0 Å². The maximum atomic E-state index is 8.69. The van der Waals surface area contributed by atoms with Crippen molar-refractivity contribution in [3.63, 3.8) is 0 Å². The Morgan fingerprint density at radius 3 is 2.86 bits per heavy atom. The van der Waals surface area contributed by atoms with E-state index in [9.17, 15) is 0 Å². The van der Waals surface area contributed by atoms with E-state index < -0.39 is 0 Å². The highest BCUT2D eigenvalue weighted by atomic mass is 16.5. The summed E-state index contributed by atoms with van der Waals surface area (Å²) in [7, 11) is 0. The van der Waals surface area contributed by atoms with Gasteiger partial charge in [-0.3, -0.25) is 0 Å². The second-order valence-corrected chi connectivity index (χ2v) is 3.57. The molecule has 0 fully saturated rings. The molecule has 1 aromatic rings. The second kappa shape index (κ2) is 6.60. The Morgan fingerprint density at radius 2 is 2.14 bits per heavy atom. The Bertz CT molecular complexity index is 245. The van der Waals surface area contributed by atoms with Crippen molar-refractivity contribution in [2.45, 2.75) is 45.4 Å². The van der Waals surface area contributed by atoms with E-state index in [4.69, 9.17) is 9.63 Å². The average Bonchev–Trinajstić information content (AvgIpc) is 2.61. The highest BCUT2D eigenvalue weighted by Gasteiger charge is 2.02. The molecule has 80 valence electrons. The van der Waals surface area contributed by atoms with Gasteiger partial charge in [-0.1, -0.05) is 31.3 Å². The zero-order chi connectivity index (χ0) is 10.2. The first-order valence-corrected chi connectivity index (χ1v) is 5.42. The summed E-state index contributed by atoms with van der Waals surface area (Å²) in [6.07, 6.45) is 6.56. The van der Waals surface area contributed by atoms with E-state index in [-0.39, 0.29) is 6.61 Å². The molecule has 0 radical (unpaired) electrons. The Kier molecular flexibility index (Phi) is 5.30. The average molecular weight is 197 g/mol. The lowest BCUT2D eigenvalue weighted by atomic mass is 10.1. The van der Waals surface area contributed by atoms with Crippen LogP contribution in [0.5, 0.6) is 0 Å². The molecular formula is C11H19NO2. The van der Waals surface area contributed by atoms with Crippen molar-refractivity contribution in [2.75, 3.05) is 6.61 Å². The molecule has 0 aromatic carbocycles. The third-order valence-corrected chi connectivity index (χ3v) is 2.25. The molecule has 0 aliphatic carbocycles. The lowest BCUT2D eigenvalue weighted by Gasteiger charge is -1.94. The molecule has 3 heteroatoms. The van der Waals surface area contributed by atoms with Crippen LogP contribution in [0.4, 0.5) is 0 Å². The summed E-state index contributed by atoms with van der Waals surface area (Å²) in [5.74, 6) is 0.790. The molecule has 0 saturated carbocycles. The van der Waals surface area contributed by atoms with Crippen molar-refractivity contribution >= 4 is 0 Å². The summed E-state index contributed by atoms with van der Waals surface area (Å²) in [5.41, 5.74) is 1.02. The zero-order valence-corrected chi connectivity index (χ0v) is 8.83. The third-order valence-electron chi connectivity index (χ3n) is 2.25. The number of rotatable bonds is 7. The minimum atomic E-state index is 0.129. The molecule has 3 nitrogen and oxygen atoms in total. The molecule has 0 saturated heterocycles. The lowest BCUT2D eigenvalue weighted by molar-refractivity contribution is 0.276. The van der Waals surface area contributed by atoms with E-state index in [1.54, 1.807) is 0 Å². The molecule has 1 rings (SSSR count). The van der Waals surface area contributed by atoms with E-state index in [1.165, 1.54) is 25.7 Å². The van der Waals surface area contributed by atoms with Gasteiger partial charge in [0.25, 0.3) is 0 Å². The predicted octanol–water partition coefficient (Wildman–Crippen LogP) is 2.33. The third kappa shape index (κ3) is 3.92. The first kappa shape index (κ1) is 11.2. The van der Waals surface area contributed by atoms with Crippen molar-refractivity contribution in [3.8, 4) is 0 Å². The topological polar surface area (TPSA) is 46.3 Å². The van der Waals surface area contributed by atoms with E-state index in [0.29, 0.717) is 6.42 Å². The number of aliphatic hydroxyl groups is 1. The molecule has 0 bridgehead atoms. The van der Waals surface area contributed by atoms with E-state index in [0.717, 1.165) is 17.9 Å². The van der Waals surface area contributed by atoms with Crippen LogP contribution in [0.3, 0.4) is 0 Å². The van der Waals surface area contributed by atoms with Gasteiger partial charge in [-0.2, -0.15) is 0 Å². The van der Waals surface area contributed by atoms with Gasteiger partial charge in [0.1, 0.15) is 5.76 Å². The van der Waals surface area contributed by atoms with Crippen LogP contribution in [0.15, 0.2) is 10.6 Å². The number of hydrogen-bond acceptors (Lipinski definition) is 3. The van der Waals surface area contributed by atoms with Gasteiger partial charge in [-0.25, -0.2) is 0 Å². The fraction of sp³-hybridized carbons (Fsp3) is 0.727. The molecule has 1 N–H and O–H groups in total. The second-order valence-electron chi connectivity index (χ2n) is 3.57. The van der Waals surface area contributed by atoms with Crippen molar-refractivity contribution in [2.24, 2.45) is 0 Å². The Balaban J connectivity index is 2.22. The minimum absolute atomic E-state index is 0.129. The van der Waals surface area contributed by atoms with Crippen LogP contribution in [0.2, 0.25) is 0 Å². The first-order chi connectivity index (χ1) is 6.86. The molecule has 0 unspecified atom stereocenters. The van der Waals surface area contributed by atoms with Crippen LogP contribution in [-0.4, -0.2) is 16.9 Å². The molecule has 0 aliphatic rings.